The summed E-state index contributed by atoms with van der Waals surface area (Å²) in [7, 11) is 7.37. The van der Waals surface area contributed by atoms with Gasteiger partial charge in [0, 0.05) is 33.2 Å². The molecule has 1 heterocycles. The van der Waals surface area contributed by atoms with Gasteiger partial charge in [-0.25, -0.2) is 0 Å². The largest absolute Gasteiger partial charge is 0.379 e. The number of amides is 1. The van der Waals surface area contributed by atoms with E-state index in [-0.39, 0.29) is 30.2 Å². The van der Waals surface area contributed by atoms with Crippen LogP contribution in [0.1, 0.15) is 46.0 Å². The quantitative estimate of drug-likeness (QED) is 0.530. The van der Waals surface area contributed by atoms with Gasteiger partial charge >= 0.3 is 0 Å². The Labute approximate surface area is 152 Å². The molecule has 0 aromatic carbocycles. The van der Waals surface area contributed by atoms with Crippen LogP contribution in [-0.2, 0) is 19.1 Å². The zero-order valence-electron chi connectivity index (χ0n) is 16.7. The normalized spacial score (nSPS) is 22.7. The molecule has 25 heavy (non-hydrogen) atoms. The molecule has 1 aliphatic rings. The van der Waals surface area contributed by atoms with E-state index in [1.54, 1.807) is 14.2 Å². The first-order valence-electron chi connectivity index (χ1n) is 9.36. The molecule has 1 saturated heterocycles. The Hall–Kier alpha value is -0.980. The zero-order chi connectivity index (χ0) is 19.0. The standard InChI is InChI=1S/C19H36N2O4/c1-7-14(2)19(20(3)4)17(25-6)13-18(23)21-11-8-9-15(21)16(24-5)10-12-22/h12,14-17,19H,7-11,13H2,1-6H3/t14-,15?,16?,17?,19?/m0/s1. The molecule has 0 bridgehead atoms. The maximum atomic E-state index is 13.0. The topological polar surface area (TPSA) is 59.1 Å². The summed E-state index contributed by atoms with van der Waals surface area (Å²) in [5.41, 5.74) is 0. The number of nitrogens with zero attached hydrogens (tertiary/aromatic N) is 2. The minimum atomic E-state index is -0.218. The van der Waals surface area contributed by atoms with Crippen LogP contribution in [0, 0.1) is 5.92 Å². The highest BCUT2D eigenvalue weighted by atomic mass is 16.5. The fourth-order valence-corrected chi connectivity index (χ4v) is 4.08. The summed E-state index contributed by atoms with van der Waals surface area (Å²) < 4.78 is 11.2. The van der Waals surface area contributed by atoms with E-state index in [2.05, 4.69) is 18.7 Å². The highest BCUT2D eigenvalue weighted by Gasteiger charge is 2.37. The van der Waals surface area contributed by atoms with E-state index >= 15 is 0 Å². The molecule has 6 nitrogen and oxygen atoms in total. The van der Waals surface area contributed by atoms with Gasteiger partial charge in [0.2, 0.25) is 5.91 Å². The number of likely N-dealkylation sites (N-methyl/N-ethyl adjacent to an activating group) is 1. The zero-order valence-corrected chi connectivity index (χ0v) is 16.7. The number of carbonyl (C=O) groups is 2. The van der Waals surface area contributed by atoms with E-state index in [1.165, 1.54) is 0 Å². The van der Waals surface area contributed by atoms with Gasteiger partial charge in [-0.05, 0) is 32.9 Å². The molecule has 1 aliphatic heterocycles. The minimum absolute atomic E-state index is 0.0124. The first-order chi connectivity index (χ1) is 11.9. The summed E-state index contributed by atoms with van der Waals surface area (Å²) in [6.07, 6.45) is 4.07. The third-order valence-corrected chi connectivity index (χ3v) is 5.56. The number of hydrogen-bond acceptors (Lipinski definition) is 5. The van der Waals surface area contributed by atoms with Gasteiger partial charge in [0.25, 0.3) is 0 Å². The van der Waals surface area contributed by atoms with Crippen molar-refractivity contribution in [1.29, 1.82) is 0 Å². The van der Waals surface area contributed by atoms with Gasteiger partial charge in [0.05, 0.1) is 24.7 Å². The van der Waals surface area contributed by atoms with Crippen molar-refractivity contribution >= 4 is 12.2 Å². The van der Waals surface area contributed by atoms with E-state index in [0.29, 0.717) is 18.8 Å². The number of ether oxygens (including phenoxy) is 2. The molecule has 0 spiro atoms. The molecule has 0 aliphatic carbocycles. The first kappa shape index (κ1) is 22.1. The minimum Gasteiger partial charge on any atom is -0.379 e. The van der Waals surface area contributed by atoms with Crippen LogP contribution < -0.4 is 0 Å². The van der Waals surface area contributed by atoms with Crippen molar-refractivity contribution in [3.8, 4) is 0 Å². The lowest BCUT2D eigenvalue weighted by molar-refractivity contribution is -0.139. The molecule has 0 aromatic rings. The molecule has 0 aromatic heterocycles. The molecule has 1 amide bonds. The van der Waals surface area contributed by atoms with Crippen molar-refractivity contribution in [3.63, 3.8) is 0 Å². The Kier molecular flexibility index (Phi) is 9.61. The second-order valence-corrected chi connectivity index (χ2v) is 7.29. The van der Waals surface area contributed by atoms with E-state index in [9.17, 15) is 9.59 Å². The molecule has 146 valence electrons. The average Bonchev–Trinajstić information content (AvgIpc) is 3.07. The smallest absolute Gasteiger partial charge is 0.225 e. The maximum absolute atomic E-state index is 13.0. The van der Waals surface area contributed by atoms with E-state index in [0.717, 1.165) is 32.1 Å². The van der Waals surface area contributed by atoms with Gasteiger partial charge in [-0.15, -0.1) is 0 Å². The summed E-state index contributed by atoms with van der Waals surface area (Å²) in [5, 5.41) is 0. The van der Waals surface area contributed by atoms with E-state index in [1.807, 2.05) is 19.0 Å². The van der Waals surface area contributed by atoms with Crippen molar-refractivity contribution in [2.24, 2.45) is 5.92 Å². The summed E-state index contributed by atoms with van der Waals surface area (Å²) >= 11 is 0. The number of likely N-dealkylation sites (tertiary alicyclic amines) is 1. The van der Waals surface area contributed by atoms with Crippen LogP contribution in [0.3, 0.4) is 0 Å². The molecule has 0 N–H and O–H groups in total. The van der Waals surface area contributed by atoms with Crippen LogP contribution in [-0.4, -0.2) is 81.1 Å². The van der Waals surface area contributed by atoms with Crippen LogP contribution in [0.5, 0.6) is 0 Å². The third kappa shape index (κ3) is 5.76. The number of rotatable bonds is 11. The summed E-state index contributed by atoms with van der Waals surface area (Å²) in [6, 6.07) is 0.176. The third-order valence-electron chi connectivity index (χ3n) is 5.56. The summed E-state index contributed by atoms with van der Waals surface area (Å²) in [4.78, 5) is 27.9. The number of hydrogen-bond donors (Lipinski definition) is 0. The summed E-state index contributed by atoms with van der Waals surface area (Å²) in [5.74, 6) is 0.529. The van der Waals surface area contributed by atoms with Gasteiger partial charge in [-0.3, -0.25) is 4.79 Å². The lowest BCUT2D eigenvalue weighted by atomic mass is 9.91. The Balaban J connectivity index is 2.84. The SMILES string of the molecule is CC[C@H](C)C(C(CC(=O)N1CCCC1C(CC=O)OC)OC)N(C)C. The van der Waals surface area contributed by atoms with Crippen molar-refractivity contribution in [2.75, 3.05) is 34.9 Å². The Morgan fingerprint density at radius 2 is 2.00 bits per heavy atom. The fraction of sp³-hybridized carbons (Fsp3) is 0.895. The van der Waals surface area contributed by atoms with Crippen molar-refractivity contribution in [1.82, 2.24) is 9.80 Å². The second kappa shape index (κ2) is 10.9. The highest BCUT2D eigenvalue weighted by molar-refractivity contribution is 5.77. The van der Waals surface area contributed by atoms with Crippen molar-refractivity contribution < 1.29 is 19.1 Å². The molecule has 6 heteroatoms. The monoisotopic (exact) mass is 356 g/mol. The maximum Gasteiger partial charge on any atom is 0.225 e. The highest BCUT2D eigenvalue weighted by Crippen LogP contribution is 2.26. The number of aldehydes is 1. The van der Waals surface area contributed by atoms with Crippen LogP contribution in [0.25, 0.3) is 0 Å². The number of carbonyl (C=O) groups excluding carboxylic acids is 2. The summed E-state index contributed by atoms with van der Waals surface area (Å²) in [6.45, 7) is 5.09. The second-order valence-electron chi connectivity index (χ2n) is 7.29. The van der Waals surface area contributed by atoms with Gasteiger partial charge in [0.15, 0.2) is 0 Å². The Morgan fingerprint density at radius 1 is 1.32 bits per heavy atom. The number of methoxy groups -OCH3 is 2. The average molecular weight is 357 g/mol. The lowest BCUT2D eigenvalue weighted by Crippen LogP contribution is -2.49. The van der Waals surface area contributed by atoms with Crippen LogP contribution in [0.2, 0.25) is 0 Å². The van der Waals surface area contributed by atoms with Gasteiger partial charge in [-0.1, -0.05) is 20.3 Å². The van der Waals surface area contributed by atoms with E-state index < -0.39 is 0 Å². The Bertz CT molecular complexity index is 416. The molecule has 4 unspecified atom stereocenters. The van der Waals surface area contributed by atoms with Crippen LogP contribution >= 0.6 is 0 Å². The van der Waals surface area contributed by atoms with Crippen molar-refractivity contribution in [3.05, 3.63) is 0 Å². The first-order valence-corrected chi connectivity index (χ1v) is 9.36. The van der Waals surface area contributed by atoms with Crippen LogP contribution in [0.4, 0.5) is 0 Å². The molecule has 0 radical (unpaired) electrons. The molecule has 1 fully saturated rings. The predicted octanol–water partition coefficient (Wildman–Crippen LogP) is 1.96. The molecular weight excluding hydrogens is 320 g/mol. The lowest BCUT2D eigenvalue weighted by Gasteiger charge is -2.37. The van der Waals surface area contributed by atoms with Crippen molar-refractivity contribution in [2.45, 2.75) is 70.2 Å². The van der Waals surface area contributed by atoms with E-state index in [4.69, 9.17) is 9.47 Å². The predicted molar refractivity (Wildman–Crippen MR) is 98.6 cm³/mol. The van der Waals surface area contributed by atoms with Gasteiger partial charge in [-0.2, -0.15) is 0 Å². The molecule has 5 atom stereocenters. The van der Waals surface area contributed by atoms with Gasteiger partial charge in [0.1, 0.15) is 6.29 Å². The molecule has 0 saturated carbocycles. The fourth-order valence-electron chi connectivity index (χ4n) is 4.08. The molecular formula is C19H36N2O4. The van der Waals surface area contributed by atoms with Crippen LogP contribution in [0.15, 0.2) is 0 Å². The van der Waals surface area contributed by atoms with Gasteiger partial charge < -0.3 is 24.1 Å². The Morgan fingerprint density at radius 3 is 2.48 bits per heavy atom. The molecule has 1 rings (SSSR count).